The Labute approximate surface area is 56.3 Å². The van der Waals surface area contributed by atoms with Crippen molar-refractivity contribution in [2.75, 3.05) is 13.6 Å². The lowest BCUT2D eigenvalue weighted by molar-refractivity contribution is 0.177. The van der Waals surface area contributed by atoms with E-state index >= 15 is 0 Å². The molecule has 1 aliphatic rings. The SMILES string of the molecule is CNCC1CCC(O)C1. The minimum Gasteiger partial charge on any atom is -0.393 e. The molecular formula is C7H15NO. The van der Waals surface area contributed by atoms with Gasteiger partial charge in [0.25, 0.3) is 0 Å². The van der Waals surface area contributed by atoms with Gasteiger partial charge in [0.1, 0.15) is 0 Å². The molecule has 0 aromatic heterocycles. The van der Waals surface area contributed by atoms with Crippen LogP contribution in [0.2, 0.25) is 0 Å². The molecule has 0 saturated heterocycles. The van der Waals surface area contributed by atoms with Crippen molar-refractivity contribution in [2.45, 2.75) is 25.4 Å². The fraction of sp³-hybridized carbons (Fsp3) is 1.00. The van der Waals surface area contributed by atoms with E-state index in [-0.39, 0.29) is 6.10 Å². The van der Waals surface area contributed by atoms with Crippen LogP contribution in [0, 0.1) is 5.92 Å². The van der Waals surface area contributed by atoms with Gasteiger partial charge >= 0.3 is 0 Å². The van der Waals surface area contributed by atoms with Gasteiger partial charge in [0.15, 0.2) is 0 Å². The molecule has 0 heterocycles. The number of hydrogen-bond acceptors (Lipinski definition) is 2. The Hall–Kier alpha value is -0.0800. The van der Waals surface area contributed by atoms with Crippen molar-refractivity contribution >= 4 is 0 Å². The van der Waals surface area contributed by atoms with Crippen molar-refractivity contribution in [1.29, 1.82) is 0 Å². The molecule has 1 aliphatic carbocycles. The number of hydrogen-bond donors (Lipinski definition) is 2. The van der Waals surface area contributed by atoms with Gasteiger partial charge in [-0.15, -0.1) is 0 Å². The molecule has 2 atom stereocenters. The van der Waals surface area contributed by atoms with Crippen molar-refractivity contribution in [3.63, 3.8) is 0 Å². The molecule has 0 aromatic carbocycles. The minimum absolute atomic E-state index is 0.0108. The first-order chi connectivity index (χ1) is 4.33. The fourth-order valence-electron chi connectivity index (χ4n) is 1.52. The summed E-state index contributed by atoms with van der Waals surface area (Å²) in [6, 6.07) is 0. The van der Waals surface area contributed by atoms with E-state index in [1.54, 1.807) is 0 Å². The van der Waals surface area contributed by atoms with E-state index in [2.05, 4.69) is 5.32 Å². The summed E-state index contributed by atoms with van der Waals surface area (Å²) >= 11 is 0. The first-order valence-corrected chi connectivity index (χ1v) is 3.65. The fourth-order valence-corrected chi connectivity index (χ4v) is 1.52. The summed E-state index contributed by atoms with van der Waals surface area (Å²) in [5, 5.41) is 12.2. The molecule has 0 amide bonds. The highest BCUT2D eigenvalue weighted by Gasteiger charge is 2.21. The minimum atomic E-state index is -0.0108. The van der Waals surface area contributed by atoms with Gasteiger partial charge in [0.2, 0.25) is 0 Å². The van der Waals surface area contributed by atoms with Crippen LogP contribution in [0.15, 0.2) is 0 Å². The summed E-state index contributed by atoms with van der Waals surface area (Å²) in [4.78, 5) is 0. The third-order valence-electron chi connectivity index (χ3n) is 2.01. The van der Waals surface area contributed by atoms with E-state index in [1.165, 1.54) is 6.42 Å². The van der Waals surface area contributed by atoms with Gasteiger partial charge in [-0.3, -0.25) is 0 Å². The molecule has 0 radical (unpaired) electrons. The van der Waals surface area contributed by atoms with Crippen LogP contribution in [-0.4, -0.2) is 24.8 Å². The lowest BCUT2D eigenvalue weighted by Gasteiger charge is -2.05. The average molecular weight is 129 g/mol. The van der Waals surface area contributed by atoms with Gasteiger partial charge in [-0.2, -0.15) is 0 Å². The van der Waals surface area contributed by atoms with Crippen molar-refractivity contribution in [1.82, 2.24) is 5.32 Å². The highest BCUT2D eigenvalue weighted by molar-refractivity contribution is 4.75. The van der Waals surface area contributed by atoms with Crippen LogP contribution in [-0.2, 0) is 0 Å². The van der Waals surface area contributed by atoms with E-state index in [4.69, 9.17) is 5.11 Å². The molecule has 2 nitrogen and oxygen atoms in total. The van der Waals surface area contributed by atoms with Crippen LogP contribution in [0.5, 0.6) is 0 Å². The Balaban J connectivity index is 2.14. The van der Waals surface area contributed by atoms with E-state index in [1.807, 2.05) is 7.05 Å². The molecule has 1 fully saturated rings. The Kier molecular flexibility index (Phi) is 2.49. The Bertz CT molecular complexity index is 83.0. The van der Waals surface area contributed by atoms with Gasteiger partial charge in [-0.05, 0) is 38.8 Å². The lowest BCUT2D eigenvalue weighted by atomic mass is 10.1. The van der Waals surface area contributed by atoms with Crippen LogP contribution in [0.1, 0.15) is 19.3 Å². The van der Waals surface area contributed by atoms with Crippen molar-refractivity contribution < 1.29 is 5.11 Å². The van der Waals surface area contributed by atoms with Crippen LogP contribution in [0.4, 0.5) is 0 Å². The summed E-state index contributed by atoms with van der Waals surface area (Å²) in [7, 11) is 1.96. The standard InChI is InChI=1S/C7H15NO/c1-8-5-6-2-3-7(9)4-6/h6-9H,2-5H2,1H3. The molecule has 2 N–H and O–H groups in total. The topological polar surface area (TPSA) is 32.3 Å². The maximum atomic E-state index is 9.10. The lowest BCUT2D eigenvalue weighted by Crippen LogP contribution is -2.16. The van der Waals surface area contributed by atoms with Crippen molar-refractivity contribution in [3.8, 4) is 0 Å². The zero-order valence-electron chi connectivity index (χ0n) is 5.93. The third kappa shape index (κ3) is 1.95. The molecule has 1 rings (SSSR count). The van der Waals surface area contributed by atoms with E-state index in [0.717, 1.165) is 25.3 Å². The molecule has 9 heavy (non-hydrogen) atoms. The second kappa shape index (κ2) is 3.18. The van der Waals surface area contributed by atoms with E-state index in [0.29, 0.717) is 0 Å². The molecule has 0 aliphatic heterocycles. The number of aliphatic hydroxyl groups is 1. The molecule has 0 bridgehead atoms. The summed E-state index contributed by atoms with van der Waals surface area (Å²) in [6.07, 6.45) is 3.19. The summed E-state index contributed by atoms with van der Waals surface area (Å²) in [5.74, 6) is 0.727. The Morgan fingerprint density at radius 3 is 2.78 bits per heavy atom. The monoisotopic (exact) mass is 129 g/mol. The summed E-state index contributed by atoms with van der Waals surface area (Å²) in [6.45, 7) is 1.07. The maximum Gasteiger partial charge on any atom is 0.0543 e. The summed E-state index contributed by atoms with van der Waals surface area (Å²) < 4.78 is 0. The normalized spacial score (nSPS) is 35.3. The highest BCUT2D eigenvalue weighted by atomic mass is 16.3. The van der Waals surface area contributed by atoms with Crippen LogP contribution in [0.25, 0.3) is 0 Å². The predicted octanol–water partition coefficient (Wildman–Crippen LogP) is 0.367. The largest absolute Gasteiger partial charge is 0.393 e. The zero-order valence-corrected chi connectivity index (χ0v) is 5.93. The van der Waals surface area contributed by atoms with E-state index < -0.39 is 0 Å². The second-order valence-corrected chi connectivity index (χ2v) is 2.89. The molecule has 54 valence electrons. The number of nitrogens with one attached hydrogen (secondary N) is 1. The maximum absolute atomic E-state index is 9.10. The Morgan fingerprint density at radius 1 is 1.56 bits per heavy atom. The first kappa shape index (κ1) is 7.03. The van der Waals surface area contributed by atoms with Crippen LogP contribution in [0.3, 0.4) is 0 Å². The molecule has 0 aromatic rings. The van der Waals surface area contributed by atoms with E-state index in [9.17, 15) is 0 Å². The van der Waals surface area contributed by atoms with Gasteiger partial charge in [0.05, 0.1) is 6.10 Å². The van der Waals surface area contributed by atoms with Crippen LogP contribution >= 0.6 is 0 Å². The zero-order chi connectivity index (χ0) is 6.69. The van der Waals surface area contributed by atoms with Gasteiger partial charge < -0.3 is 10.4 Å². The molecule has 2 unspecified atom stereocenters. The Morgan fingerprint density at radius 2 is 2.33 bits per heavy atom. The molecular weight excluding hydrogens is 114 g/mol. The molecule has 0 spiro atoms. The van der Waals surface area contributed by atoms with Crippen molar-refractivity contribution in [3.05, 3.63) is 0 Å². The van der Waals surface area contributed by atoms with Gasteiger partial charge in [-0.25, -0.2) is 0 Å². The van der Waals surface area contributed by atoms with Gasteiger partial charge in [-0.1, -0.05) is 0 Å². The van der Waals surface area contributed by atoms with Crippen LogP contribution < -0.4 is 5.32 Å². The molecule has 1 saturated carbocycles. The highest BCUT2D eigenvalue weighted by Crippen LogP contribution is 2.24. The smallest absolute Gasteiger partial charge is 0.0543 e. The second-order valence-electron chi connectivity index (χ2n) is 2.89. The quantitative estimate of drug-likeness (QED) is 0.564. The number of rotatable bonds is 2. The van der Waals surface area contributed by atoms with Crippen molar-refractivity contribution in [2.24, 2.45) is 5.92 Å². The predicted molar refractivity (Wildman–Crippen MR) is 37.3 cm³/mol. The van der Waals surface area contributed by atoms with Gasteiger partial charge in [0, 0.05) is 0 Å². The molecule has 2 heteroatoms. The third-order valence-corrected chi connectivity index (χ3v) is 2.01. The average Bonchev–Trinajstić information content (AvgIpc) is 2.17. The first-order valence-electron chi connectivity index (χ1n) is 3.65. The summed E-state index contributed by atoms with van der Waals surface area (Å²) in [5.41, 5.74) is 0. The number of aliphatic hydroxyl groups excluding tert-OH is 1.